The Balaban J connectivity index is 3.50. The van der Waals surface area contributed by atoms with Crippen LogP contribution in [0, 0.1) is 0 Å². The average molecular weight is 202 g/mol. The number of primary amides is 1. The van der Waals surface area contributed by atoms with Gasteiger partial charge in [0.25, 0.3) is 0 Å². The number of ether oxygens (including phenoxy) is 1. The van der Waals surface area contributed by atoms with Gasteiger partial charge in [-0.15, -0.1) is 0 Å². The summed E-state index contributed by atoms with van der Waals surface area (Å²) in [4.78, 5) is 21.4. The van der Waals surface area contributed by atoms with Gasteiger partial charge in [-0.3, -0.25) is 14.9 Å². The van der Waals surface area contributed by atoms with E-state index in [4.69, 9.17) is 10.5 Å². The minimum atomic E-state index is -0.487. The zero-order chi connectivity index (χ0) is 11.0. The van der Waals surface area contributed by atoms with E-state index in [9.17, 15) is 9.59 Å². The highest BCUT2D eigenvalue weighted by molar-refractivity contribution is 5.77. The second-order valence-corrected chi connectivity index (χ2v) is 3.16. The predicted octanol–water partition coefficient (Wildman–Crippen LogP) is -0.207. The fourth-order valence-corrected chi connectivity index (χ4v) is 1.02. The standard InChI is InChI=1S/C9H18N2O3/c1-3-4-7(2)14-9(13)6-11-5-8(10)12/h7,11H,3-6H2,1-2H3,(H2,10,12). The second kappa shape index (κ2) is 7.32. The molecule has 82 valence electrons. The summed E-state index contributed by atoms with van der Waals surface area (Å²) in [6.45, 7) is 3.89. The molecule has 0 fully saturated rings. The number of nitrogens with two attached hydrogens (primary N) is 1. The SMILES string of the molecule is CCCC(C)OC(=O)CNCC(N)=O. The van der Waals surface area contributed by atoms with Crippen LogP contribution in [0.3, 0.4) is 0 Å². The number of amides is 1. The van der Waals surface area contributed by atoms with E-state index in [1.807, 2.05) is 13.8 Å². The van der Waals surface area contributed by atoms with Crippen molar-refractivity contribution in [1.82, 2.24) is 5.32 Å². The fraction of sp³-hybridized carbons (Fsp3) is 0.778. The maximum atomic E-state index is 11.1. The van der Waals surface area contributed by atoms with Crippen molar-refractivity contribution < 1.29 is 14.3 Å². The van der Waals surface area contributed by atoms with Crippen molar-refractivity contribution in [2.75, 3.05) is 13.1 Å². The minimum Gasteiger partial charge on any atom is -0.462 e. The van der Waals surface area contributed by atoms with E-state index in [0.717, 1.165) is 12.8 Å². The summed E-state index contributed by atoms with van der Waals surface area (Å²) >= 11 is 0. The molecule has 0 aliphatic carbocycles. The van der Waals surface area contributed by atoms with Gasteiger partial charge in [0.2, 0.25) is 5.91 Å². The molecule has 1 atom stereocenters. The van der Waals surface area contributed by atoms with Crippen LogP contribution < -0.4 is 11.1 Å². The molecule has 5 nitrogen and oxygen atoms in total. The van der Waals surface area contributed by atoms with Gasteiger partial charge in [0.1, 0.15) is 0 Å². The summed E-state index contributed by atoms with van der Waals surface area (Å²) in [5.41, 5.74) is 4.87. The van der Waals surface area contributed by atoms with Crippen molar-refractivity contribution in [3.8, 4) is 0 Å². The minimum absolute atomic E-state index is 0.00272. The van der Waals surface area contributed by atoms with Gasteiger partial charge in [-0.25, -0.2) is 0 Å². The molecule has 0 aromatic carbocycles. The Kier molecular flexibility index (Phi) is 6.74. The second-order valence-electron chi connectivity index (χ2n) is 3.16. The highest BCUT2D eigenvalue weighted by Gasteiger charge is 2.08. The summed E-state index contributed by atoms with van der Waals surface area (Å²) in [5.74, 6) is -0.841. The normalized spacial score (nSPS) is 12.1. The number of hydrogen-bond acceptors (Lipinski definition) is 4. The fourth-order valence-electron chi connectivity index (χ4n) is 1.02. The molecule has 0 heterocycles. The lowest BCUT2D eigenvalue weighted by atomic mass is 10.2. The molecule has 0 spiro atoms. The Morgan fingerprint density at radius 1 is 1.43 bits per heavy atom. The van der Waals surface area contributed by atoms with Crippen molar-refractivity contribution in [1.29, 1.82) is 0 Å². The van der Waals surface area contributed by atoms with Crippen LogP contribution in [0.15, 0.2) is 0 Å². The summed E-state index contributed by atoms with van der Waals surface area (Å²) in [7, 11) is 0. The number of esters is 1. The molecule has 0 aliphatic rings. The van der Waals surface area contributed by atoms with Gasteiger partial charge in [-0.2, -0.15) is 0 Å². The molecule has 1 amide bonds. The van der Waals surface area contributed by atoms with Crippen molar-refractivity contribution in [2.45, 2.75) is 32.8 Å². The molecule has 3 N–H and O–H groups in total. The highest BCUT2D eigenvalue weighted by atomic mass is 16.5. The molecule has 5 heteroatoms. The summed E-state index contributed by atoms with van der Waals surface area (Å²) in [6, 6.07) is 0. The zero-order valence-corrected chi connectivity index (χ0v) is 8.71. The van der Waals surface area contributed by atoms with Gasteiger partial charge in [-0.05, 0) is 13.3 Å². The third-order valence-electron chi connectivity index (χ3n) is 1.60. The lowest BCUT2D eigenvalue weighted by Crippen LogP contribution is -2.34. The smallest absolute Gasteiger partial charge is 0.320 e. The van der Waals surface area contributed by atoms with Gasteiger partial charge < -0.3 is 10.5 Å². The van der Waals surface area contributed by atoms with Crippen LogP contribution in [0.2, 0.25) is 0 Å². The van der Waals surface area contributed by atoms with Crippen LogP contribution in [0.4, 0.5) is 0 Å². The van der Waals surface area contributed by atoms with Gasteiger partial charge in [-0.1, -0.05) is 13.3 Å². The van der Waals surface area contributed by atoms with Crippen molar-refractivity contribution in [2.24, 2.45) is 5.73 Å². The summed E-state index contributed by atoms with van der Waals surface area (Å²) in [5, 5.41) is 2.58. The number of carbonyl (C=O) groups excluding carboxylic acids is 2. The molecular formula is C9H18N2O3. The molecule has 0 aliphatic heterocycles. The molecule has 0 aromatic rings. The number of carbonyl (C=O) groups is 2. The largest absolute Gasteiger partial charge is 0.462 e. The Hall–Kier alpha value is -1.10. The number of rotatable bonds is 7. The predicted molar refractivity (Wildman–Crippen MR) is 52.5 cm³/mol. The molecule has 0 radical (unpaired) electrons. The monoisotopic (exact) mass is 202 g/mol. The van der Waals surface area contributed by atoms with E-state index < -0.39 is 5.91 Å². The van der Waals surface area contributed by atoms with Gasteiger partial charge in [0.05, 0.1) is 19.2 Å². The first kappa shape index (κ1) is 12.9. The van der Waals surface area contributed by atoms with E-state index in [1.54, 1.807) is 0 Å². The maximum Gasteiger partial charge on any atom is 0.320 e. The van der Waals surface area contributed by atoms with Crippen LogP contribution in [0.1, 0.15) is 26.7 Å². The topological polar surface area (TPSA) is 81.4 Å². The van der Waals surface area contributed by atoms with Crippen LogP contribution in [-0.2, 0) is 14.3 Å². The quantitative estimate of drug-likeness (QED) is 0.560. The summed E-state index contributed by atoms with van der Waals surface area (Å²) in [6.07, 6.45) is 1.76. The molecule has 0 saturated carbocycles. The zero-order valence-electron chi connectivity index (χ0n) is 8.71. The van der Waals surface area contributed by atoms with Crippen LogP contribution in [0.5, 0.6) is 0 Å². The molecule has 0 saturated heterocycles. The van der Waals surface area contributed by atoms with Gasteiger partial charge in [0, 0.05) is 0 Å². The lowest BCUT2D eigenvalue weighted by Gasteiger charge is -2.11. The van der Waals surface area contributed by atoms with Crippen LogP contribution in [0.25, 0.3) is 0 Å². The van der Waals surface area contributed by atoms with Gasteiger partial charge in [0.15, 0.2) is 0 Å². The number of hydrogen-bond donors (Lipinski definition) is 2. The highest BCUT2D eigenvalue weighted by Crippen LogP contribution is 2.00. The summed E-state index contributed by atoms with van der Waals surface area (Å²) < 4.78 is 5.02. The Morgan fingerprint density at radius 2 is 2.07 bits per heavy atom. The Morgan fingerprint density at radius 3 is 2.57 bits per heavy atom. The number of nitrogens with one attached hydrogen (secondary N) is 1. The van der Waals surface area contributed by atoms with Gasteiger partial charge >= 0.3 is 5.97 Å². The Labute approximate surface area is 84.0 Å². The van der Waals surface area contributed by atoms with Crippen molar-refractivity contribution >= 4 is 11.9 Å². The third kappa shape index (κ3) is 7.54. The first-order valence-corrected chi connectivity index (χ1v) is 4.74. The maximum absolute atomic E-state index is 11.1. The van der Waals surface area contributed by atoms with Crippen molar-refractivity contribution in [3.05, 3.63) is 0 Å². The Bertz CT molecular complexity index is 194. The molecule has 0 rings (SSSR count). The molecule has 0 bridgehead atoms. The van der Waals surface area contributed by atoms with E-state index in [-0.39, 0.29) is 25.2 Å². The lowest BCUT2D eigenvalue weighted by molar-refractivity contribution is -0.147. The average Bonchev–Trinajstić information content (AvgIpc) is 2.03. The van der Waals surface area contributed by atoms with E-state index in [0.29, 0.717) is 0 Å². The van der Waals surface area contributed by atoms with Crippen molar-refractivity contribution in [3.63, 3.8) is 0 Å². The molecule has 1 unspecified atom stereocenters. The van der Waals surface area contributed by atoms with E-state index in [1.165, 1.54) is 0 Å². The molecule has 14 heavy (non-hydrogen) atoms. The van der Waals surface area contributed by atoms with E-state index >= 15 is 0 Å². The first-order chi connectivity index (χ1) is 6.56. The molecule has 0 aromatic heterocycles. The van der Waals surface area contributed by atoms with E-state index in [2.05, 4.69) is 5.32 Å². The van der Waals surface area contributed by atoms with Crippen LogP contribution >= 0.6 is 0 Å². The first-order valence-electron chi connectivity index (χ1n) is 4.74. The third-order valence-corrected chi connectivity index (χ3v) is 1.60. The molecular weight excluding hydrogens is 184 g/mol. The van der Waals surface area contributed by atoms with Crippen LogP contribution in [-0.4, -0.2) is 31.1 Å².